The SMILES string of the molecule is CC(=O)N1CC(c2ccnc(-n3cc(S(=O)(=O)Nc4cccc5cnn(C)c45)cn3)c2)C1. The average Bonchev–Trinajstić information content (AvgIpc) is 3.35. The Morgan fingerprint density at radius 2 is 1.97 bits per heavy atom. The molecule has 4 aromatic rings. The van der Waals surface area contributed by atoms with E-state index in [0.717, 1.165) is 10.9 Å². The predicted molar refractivity (Wildman–Crippen MR) is 118 cm³/mol. The molecule has 32 heavy (non-hydrogen) atoms. The first kappa shape index (κ1) is 20.2. The van der Waals surface area contributed by atoms with Gasteiger partial charge in [-0.15, -0.1) is 0 Å². The van der Waals surface area contributed by atoms with Crippen LogP contribution >= 0.6 is 0 Å². The van der Waals surface area contributed by atoms with Crippen LogP contribution in [-0.2, 0) is 21.9 Å². The number of hydrogen-bond donors (Lipinski definition) is 1. The Bertz CT molecular complexity index is 1430. The normalized spacial score (nSPS) is 14.5. The summed E-state index contributed by atoms with van der Waals surface area (Å²) in [4.78, 5) is 17.5. The molecule has 0 spiro atoms. The molecule has 0 atom stereocenters. The topological polar surface area (TPSA) is 115 Å². The van der Waals surface area contributed by atoms with Gasteiger partial charge in [-0.2, -0.15) is 10.2 Å². The Labute approximate surface area is 184 Å². The fraction of sp³-hybridized carbons (Fsp3) is 0.238. The van der Waals surface area contributed by atoms with E-state index >= 15 is 0 Å². The third-order valence-corrected chi connectivity index (χ3v) is 7.00. The van der Waals surface area contributed by atoms with Gasteiger partial charge in [0.15, 0.2) is 5.82 Å². The number of likely N-dealkylation sites (tertiary alicyclic amines) is 1. The molecule has 0 bridgehead atoms. The third-order valence-electron chi connectivity index (χ3n) is 5.68. The minimum atomic E-state index is -3.87. The number of pyridine rings is 1. The van der Waals surface area contributed by atoms with Crippen LogP contribution in [-0.4, -0.2) is 56.9 Å². The second kappa shape index (κ2) is 7.45. The van der Waals surface area contributed by atoms with E-state index in [2.05, 4.69) is 19.9 Å². The lowest BCUT2D eigenvalue weighted by atomic mass is 9.92. The summed E-state index contributed by atoms with van der Waals surface area (Å²) in [5.74, 6) is 0.811. The Balaban J connectivity index is 1.39. The first-order valence-corrected chi connectivity index (χ1v) is 11.5. The van der Waals surface area contributed by atoms with Crippen LogP contribution in [0.4, 0.5) is 5.69 Å². The van der Waals surface area contributed by atoms with Crippen molar-refractivity contribution in [2.24, 2.45) is 7.05 Å². The largest absolute Gasteiger partial charge is 0.342 e. The van der Waals surface area contributed by atoms with Crippen molar-refractivity contribution in [2.45, 2.75) is 17.7 Å². The molecule has 1 aromatic carbocycles. The van der Waals surface area contributed by atoms with Gasteiger partial charge in [-0.3, -0.25) is 14.2 Å². The number of aromatic nitrogens is 5. The summed E-state index contributed by atoms with van der Waals surface area (Å²) in [6.07, 6.45) is 6.07. The summed E-state index contributed by atoms with van der Waals surface area (Å²) in [6, 6.07) is 9.11. The second-order valence-corrected chi connectivity index (χ2v) is 9.49. The fourth-order valence-electron chi connectivity index (χ4n) is 3.85. The number of aryl methyl sites for hydroxylation is 1. The predicted octanol–water partition coefficient (Wildman–Crippen LogP) is 1.90. The monoisotopic (exact) mass is 451 g/mol. The zero-order chi connectivity index (χ0) is 22.5. The number of carbonyl (C=O) groups excluding carboxylic acids is 1. The lowest BCUT2D eigenvalue weighted by Crippen LogP contribution is -2.47. The molecular weight excluding hydrogens is 430 g/mol. The number of nitrogens with zero attached hydrogens (tertiary/aromatic N) is 6. The summed E-state index contributed by atoms with van der Waals surface area (Å²) in [7, 11) is -2.11. The Kier molecular flexibility index (Phi) is 4.70. The molecule has 1 aliphatic rings. The molecule has 1 saturated heterocycles. The van der Waals surface area contributed by atoms with Gasteiger partial charge in [0.2, 0.25) is 5.91 Å². The van der Waals surface area contributed by atoms with Gasteiger partial charge >= 0.3 is 0 Å². The number of rotatable bonds is 5. The molecule has 1 N–H and O–H groups in total. The highest BCUT2D eigenvalue weighted by molar-refractivity contribution is 7.92. The number of benzene rings is 1. The molecule has 3 aromatic heterocycles. The third kappa shape index (κ3) is 3.50. The summed E-state index contributed by atoms with van der Waals surface area (Å²) >= 11 is 0. The van der Waals surface area contributed by atoms with Gasteiger partial charge in [0.1, 0.15) is 4.90 Å². The molecular formula is C21H21N7O3S. The van der Waals surface area contributed by atoms with E-state index in [9.17, 15) is 13.2 Å². The summed E-state index contributed by atoms with van der Waals surface area (Å²) in [5, 5.41) is 9.23. The molecule has 0 radical (unpaired) electrons. The minimum Gasteiger partial charge on any atom is -0.342 e. The van der Waals surface area contributed by atoms with Gasteiger partial charge in [-0.05, 0) is 23.8 Å². The van der Waals surface area contributed by atoms with Crippen molar-refractivity contribution in [3.05, 3.63) is 60.7 Å². The molecule has 164 valence electrons. The first-order chi connectivity index (χ1) is 15.3. The summed E-state index contributed by atoms with van der Waals surface area (Å²) in [6.45, 7) is 2.89. The second-order valence-electron chi connectivity index (χ2n) is 7.81. The quantitative estimate of drug-likeness (QED) is 0.496. The van der Waals surface area contributed by atoms with E-state index in [-0.39, 0.29) is 16.7 Å². The number of para-hydroxylation sites is 1. The molecule has 10 nitrogen and oxygen atoms in total. The van der Waals surface area contributed by atoms with Crippen LogP contribution in [0.5, 0.6) is 0 Å². The van der Waals surface area contributed by atoms with Gasteiger partial charge in [0.05, 0.1) is 29.8 Å². The van der Waals surface area contributed by atoms with Crippen LogP contribution in [0.25, 0.3) is 16.7 Å². The molecule has 11 heteroatoms. The molecule has 0 unspecified atom stereocenters. The van der Waals surface area contributed by atoms with Crippen molar-refractivity contribution < 1.29 is 13.2 Å². The maximum atomic E-state index is 13.0. The van der Waals surface area contributed by atoms with Crippen LogP contribution in [0.2, 0.25) is 0 Å². The Hall–Kier alpha value is -3.73. The highest BCUT2D eigenvalue weighted by atomic mass is 32.2. The van der Waals surface area contributed by atoms with Crippen molar-refractivity contribution >= 4 is 32.5 Å². The van der Waals surface area contributed by atoms with Gasteiger partial charge < -0.3 is 4.90 Å². The van der Waals surface area contributed by atoms with E-state index in [1.165, 1.54) is 17.1 Å². The Morgan fingerprint density at radius 3 is 2.75 bits per heavy atom. The maximum absolute atomic E-state index is 13.0. The molecule has 1 amide bonds. The Morgan fingerprint density at radius 1 is 1.16 bits per heavy atom. The van der Waals surface area contributed by atoms with Crippen molar-refractivity contribution in [3.63, 3.8) is 0 Å². The number of nitrogens with one attached hydrogen (secondary N) is 1. The van der Waals surface area contributed by atoms with E-state index in [1.54, 1.807) is 48.1 Å². The first-order valence-electron chi connectivity index (χ1n) is 10.0. The van der Waals surface area contributed by atoms with E-state index in [1.807, 2.05) is 18.2 Å². The van der Waals surface area contributed by atoms with E-state index in [4.69, 9.17) is 0 Å². The van der Waals surface area contributed by atoms with Crippen LogP contribution in [0.15, 0.2) is 60.0 Å². The highest BCUT2D eigenvalue weighted by Crippen LogP contribution is 2.28. The number of anilines is 1. The van der Waals surface area contributed by atoms with Crippen LogP contribution in [0, 0.1) is 0 Å². The molecule has 0 saturated carbocycles. The fourth-order valence-corrected chi connectivity index (χ4v) is 4.85. The van der Waals surface area contributed by atoms with Crippen LogP contribution < -0.4 is 4.72 Å². The maximum Gasteiger partial charge on any atom is 0.265 e. The van der Waals surface area contributed by atoms with Gasteiger partial charge in [0, 0.05) is 44.6 Å². The number of amides is 1. The molecule has 0 aliphatic carbocycles. The average molecular weight is 452 g/mol. The molecule has 5 rings (SSSR count). The van der Waals surface area contributed by atoms with Crippen molar-refractivity contribution in [1.29, 1.82) is 0 Å². The lowest BCUT2D eigenvalue weighted by molar-refractivity contribution is -0.133. The van der Waals surface area contributed by atoms with Crippen LogP contribution in [0.3, 0.4) is 0 Å². The van der Waals surface area contributed by atoms with Crippen LogP contribution in [0.1, 0.15) is 18.4 Å². The van der Waals surface area contributed by atoms with Gasteiger partial charge in [-0.1, -0.05) is 12.1 Å². The summed E-state index contributed by atoms with van der Waals surface area (Å²) < 4.78 is 31.7. The van der Waals surface area contributed by atoms with Crippen molar-refractivity contribution in [1.82, 2.24) is 29.4 Å². The van der Waals surface area contributed by atoms with Crippen molar-refractivity contribution in [2.75, 3.05) is 17.8 Å². The minimum absolute atomic E-state index is 0.0234. The molecule has 1 fully saturated rings. The number of carbonyl (C=O) groups is 1. The zero-order valence-electron chi connectivity index (χ0n) is 17.5. The number of hydrogen-bond acceptors (Lipinski definition) is 6. The van der Waals surface area contributed by atoms with Gasteiger partial charge in [0.25, 0.3) is 10.0 Å². The lowest BCUT2D eigenvalue weighted by Gasteiger charge is -2.39. The highest BCUT2D eigenvalue weighted by Gasteiger charge is 2.30. The van der Waals surface area contributed by atoms with Crippen molar-refractivity contribution in [3.8, 4) is 5.82 Å². The number of fused-ring (bicyclic) bond motifs is 1. The zero-order valence-corrected chi connectivity index (χ0v) is 18.3. The van der Waals surface area contributed by atoms with E-state index < -0.39 is 10.0 Å². The smallest absolute Gasteiger partial charge is 0.265 e. The molecule has 4 heterocycles. The summed E-state index contributed by atoms with van der Waals surface area (Å²) in [5.41, 5.74) is 2.17. The van der Waals surface area contributed by atoms with E-state index in [0.29, 0.717) is 30.1 Å². The number of sulfonamides is 1. The molecule has 1 aliphatic heterocycles. The standard InChI is InChI=1S/C21H21N7O3S/c1-14(29)27-11-17(12-27)15-6-7-22-20(8-15)28-13-18(10-24-28)32(30,31)25-19-5-3-4-16-9-23-26(2)21(16)19/h3-10,13,17,25H,11-12H2,1-2H3. The van der Waals surface area contributed by atoms with Gasteiger partial charge in [-0.25, -0.2) is 18.1 Å².